The van der Waals surface area contributed by atoms with Crippen LogP contribution >= 0.6 is 0 Å². The van der Waals surface area contributed by atoms with Gasteiger partial charge in [0.05, 0.1) is 0 Å². The first-order valence-corrected chi connectivity index (χ1v) is 7.32. The Morgan fingerprint density at radius 3 is 2.17 bits per heavy atom. The molecule has 2 rings (SSSR count). The summed E-state index contributed by atoms with van der Waals surface area (Å²) in [5.74, 6) is 0.238. The zero-order valence-corrected chi connectivity index (χ0v) is 13.5. The summed E-state index contributed by atoms with van der Waals surface area (Å²) < 4.78 is 5.45. The molecule has 0 unspecified atom stereocenters. The lowest BCUT2D eigenvalue weighted by atomic mass is 10.1. The van der Waals surface area contributed by atoms with Gasteiger partial charge in [0.25, 0.3) is 5.91 Å². The molecule has 5 nitrogen and oxygen atoms in total. The van der Waals surface area contributed by atoms with E-state index in [0.717, 1.165) is 11.1 Å². The van der Waals surface area contributed by atoms with Crippen molar-refractivity contribution in [1.82, 2.24) is 0 Å². The van der Waals surface area contributed by atoms with Crippen LogP contribution in [0.2, 0.25) is 0 Å². The number of hydrogen-bond acceptors (Lipinski definition) is 3. The highest BCUT2D eigenvalue weighted by Gasteiger charge is 2.09. The molecule has 2 aromatic rings. The van der Waals surface area contributed by atoms with Crippen molar-refractivity contribution in [3.63, 3.8) is 0 Å². The summed E-state index contributed by atoms with van der Waals surface area (Å²) in [5.41, 5.74) is 3.25. The minimum absolute atomic E-state index is 0.0765. The van der Waals surface area contributed by atoms with Gasteiger partial charge in [0.2, 0.25) is 5.91 Å². The van der Waals surface area contributed by atoms with E-state index in [9.17, 15) is 9.59 Å². The van der Waals surface area contributed by atoms with Crippen LogP contribution < -0.4 is 15.4 Å². The summed E-state index contributed by atoms with van der Waals surface area (Å²) >= 11 is 0. The number of rotatable bonds is 5. The maximum atomic E-state index is 12.0. The van der Waals surface area contributed by atoms with Gasteiger partial charge in [-0.05, 0) is 43.7 Å². The van der Waals surface area contributed by atoms with Gasteiger partial charge in [-0.15, -0.1) is 0 Å². The lowest BCUT2D eigenvalue weighted by molar-refractivity contribution is -0.118. The average molecular weight is 312 g/mol. The molecule has 0 spiro atoms. The fourth-order valence-electron chi connectivity index (χ4n) is 2.07. The molecule has 0 radical (unpaired) electrons. The third-order valence-electron chi connectivity index (χ3n) is 3.31. The molecule has 0 heterocycles. The molecule has 0 aliphatic rings. The Morgan fingerprint density at radius 1 is 0.957 bits per heavy atom. The van der Waals surface area contributed by atoms with Crippen LogP contribution in [-0.4, -0.2) is 18.4 Å². The van der Waals surface area contributed by atoms with Crippen LogP contribution in [0.3, 0.4) is 0 Å². The third-order valence-corrected chi connectivity index (χ3v) is 3.31. The van der Waals surface area contributed by atoms with E-state index in [2.05, 4.69) is 10.6 Å². The predicted molar refractivity (Wildman–Crippen MR) is 90.8 cm³/mol. The predicted octanol–water partition coefficient (Wildman–Crippen LogP) is 3.28. The Morgan fingerprint density at radius 2 is 1.57 bits per heavy atom. The summed E-state index contributed by atoms with van der Waals surface area (Å²) in [5, 5.41) is 5.52. The van der Waals surface area contributed by atoms with E-state index in [1.165, 1.54) is 6.92 Å². The van der Waals surface area contributed by atoms with Crippen molar-refractivity contribution in [2.45, 2.75) is 20.8 Å². The fourth-order valence-corrected chi connectivity index (χ4v) is 2.07. The summed E-state index contributed by atoms with van der Waals surface area (Å²) in [6.07, 6.45) is 0. The highest BCUT2D eigenvalue weighted by molar-refractivity contribution is 5.95. The topological polar surface area (TPSA) is 67.4 Å². The number of ether oxygens (including phenoxy) is 1. The lowest BCUT2D eigenvalue weighted by Gasteiger charge is -2.13. The van der Waals surface area contributed by atoms with Crippen LogP contribution in [-0.2, 0) is 9.59 Å². The van der Waals surface area contributed by atoms with Crippen LogP contribution in [0.1, 0.15) is 18.1 Å². The van der Waals surface area contributed by atoms with Crippen molar-refractivity contribution in [3.8, 4) is 5.75 Å². The monoisotopic (exact) mass is 312 g/mol. The number of benzene rings is 2. The average Bonchev–Trinajstić information content (AvgIpc) is 2.50. The molecule has 0 bridgehead atoms. The number of nitrogens with one attached hydrogen (secondary N) is 2. The van der Waals surface area contributed by atoms with E-state index >= 15 is 0 Å². The molecule has 0 aliphatic carbocycles. The van der Waals surface area contributed by atoms with Crippen LogP contribution in [0, 0.1) is 13.8 Å². The van der Waals surface area contributed by atoms with Gasteiger partial charge in [-0.3, -0.25) is 9.59 Å². The minimum Gasteiger partial charge on any atom is -0.484 e. The van der Waals surface area contributed by atoms with Gasteiger partial charge in [0.1, 0.15) is 5.75 Å². The van der Waals surface area contributed by atoms with Gasteiger partial charge >= 0.3 is 0 Å². The first-order chi connectivity index (χ1) is 11.0. The van der Waals surface area contributed by atoms with Crippen molar-refractivity contribution in [3.05, 3.63) is 53.6 Å². The molecule has 0 aromatic heterocycles. The van der Waals surface area contributed by atoms with Crippen LogP contribution in [0.15, 0.2) is 42.5 Å². The first kappa shape index (κ1) is 16.5. The Labute approximate surface area is 135 Å². The van der Waals surface area contributed by atoms with E-state index in [1.54, 1.807) is 18.2 Å². The quantitative estimate of drug-likeness (QED) is 0.890. The molecule has 2 N–H and O–H groups in total. The van der Waals surface area contributed by atoms with Gasteiger partial charge in [-0.1, -0.05) is 23.8 Å². The fraction of sp³-hybridized carbons (Fsp3) is 0.222. The molecule has 120 valence electrons. The van der Waals surface area contributed by atoms with Gasteiger partial charge in [0, 0.05) is 18.3 Å². The number of carbonyl (C=O) groups excluding carboxylic acids is 2. The third kappa shape index (κ3) is 4.85. The maximum Gasteiger partial charge on any atom is 0.262 e. The Bertz CT molecular complexity index is 709. The van der Waals surface area contributed by atoms with E-state index in [4.69, 9.17) is 4.74 Å². The molecule has 0 fully saturated rings. The molecule has 0 aliphatic heterocycles. The Kier molecular flexibility index (Phi) is 5.36. The molecular weight excluding hydrogens is 292 g/mol. The normalized spacial score (nSPS) is 10.0. The lowest BCUT2D eigenvalue weighted by Crippen LogP contribution is -2.21. The Balaban J connectivity index is 1.97. The second kappa shape index (κ2) is 7.45. The van der Waals surface area contributed by atoms with Crippen molar-refractivity contribution in [1.29, 1.82) is 0 Å². The molecule has 0 atom stereocenters. The second-order valence-corrected chi connectivity index (χ2v) is 5.31. The SMILES string of the molecule is CC(=O)Nc1cccc(NC(=O)COc2ccc(C)cc2)c1C. The first-order valence-electron chi connectivity index (χ1n) is 7.32. The van der Waals surface area contributed by atoms with Gasteiger partial charge in [-0.25, -0.2) is 0 Å². The van der Waals surface area contributed by atoms with Crippen molar-refractivity contribution < 1.29 is 14.3 Å². The van der Waals surface area contributed by atoms with E-state index in [-0.39, 0.29) is 18.4 Å². The molecule has 23 heavy (non-hydrogen) atoms. The highest BCUT2D eigenvalue weighted by Crippen LogP contribution is 2.23. The van der Waals surface area contributed by atoms with Gasteiger partial charge < -0.3 is 15.4 Å². The van der Waals surface area contributed by atoms with Crippen molar-refractivity contribution >= 4 is 23.2 Å². The number of amides is 2. The van der Waals surface area contributed by atoms with E-state index in [1.807, 2.05) is 38.1 Å². The molecule has 0 saturated heterocycles. The number of aryl methyl sites for hydroxylation is 1. The molecule has 2 aromatic carbocycles. The van der Waals surface area contributed by atoms with E-state index < -0.39 is 0 Å². The molecule has 2 amide bonds. The maximum absolute atomic E-state index is 12.0. The van der Waals surface area contributed by atoms with Crippen molar-refractivity contribution in [2.75, 3.05) is 17.2 Å². The summed E-state index contributed by atoms with van der Waals surface area (Å²) in [7, 11) is 0. The van der Waals surface area contributed by atoms with E-state index in [0.29, 0.717) is 17.1 Å². The summed E-state index contributed by atoms with van der Waals surface area (Å²) in [6.45, 7) is 5.19. The summed E-state index contributed by atoms with van der Waals surface area (Å²) in [4.78, 5) is 23.2. The Hall–Kier alpha value is -2.82. The number of hydrogen-bond donors (Lipinski definition) is 2. The van der Waals surface area contributed by atoms with Crippen LogP contribution in [0.4, 0.5) is 11.4 Å². The summed E-state index contributed by atoms with van der Waals surface area (Å²) in [6, 6.07) is 12.8. The minimum atomic E-state index is -0.256. The van der Waals surface area contributed by atoms with Crippen LogP contribution in [0.25, 0.3) is 0 Å². The smallest absolute Gasteiger partial charge is 0.262 e. The van der Waals surface area contributed by atoms with Crippen molar-refractivity contribution in [2.24, 2.45) is 0 Å². The zero-order valence-electron chi connectivity index (χ0n) is 13.5. The molecular formula is C18H20N2O3. The van der Waals surface area contributed by atoms with Crippen LogP contribution in [0.5, 0.6) is 5.75 Å². The molecule has 5 heteroatoms. The van der Waals surface area contributed by atoms with Gasteiger partial charge in [-0.2, -0.15) is 0 Å². The number of carbonyl (C=O) groups is 2. The largest absolute Gasteiger partial charge is 0.484 e. The standard InChI is InChI=1S/C18H20N2O3/c1-12-7-9-15(10-8-12)23-11-18(22)20-17-6-4-5-16(13(17)2)19-14(3)21/h4-10H,11H2,1-3H3,(H,19,21)(H,20,22). The number of anilines is 2. The molecule has 0 saturated carbocycles. The highest BCUT2D eigenvalue weighted by atomic mass is 16.5. The van der Waals surface area contributed by atoms with Gasteiger partial charge in [0.15, 0.2) is 6.61 Å². The zero-order chi connectivity index (χ0) is 16.8. The second-order valence-electron chi connectivity index (χ2n) is 5.31.